The third-order valence-electron chi connectivity index (χ3n) is 1.33. The van der Waals surface area contributed by atoms with Crippen molar-refractivity contribution in [3.63, 3.8) is 0 Å². The Balaban J connectivity index is 3.04. The summed E-state index contributed by atoms with van der Waals surface area (Å²) in [5.74, 6) is 1.40. The highest BCUT2D eigenvalue weighted by Crippen LogP contribution is 2.49. The van der Waals surface area contributed by atoms with Crippen LogP contribution in [0.5, 0.6) is 0 Å². The van der Waals surface area contributed by atoms with Gasteiger partial charge in [0.2, 0.25) is 0 Å². The molecule has 0 saturated heterocycles. The van der Waals surface area contributed by atoms with Crippen molar-refractivity contribution in [2.75, 3.05) is 24.8 Å². The number of hydrogen-bond donors (Lipinski definition) is 1. The molecule has 0 aromatic heterocycles. The third-order valence-corrected chi connectivity index (χ3v) is 3.91. The molecule has 64 valence electrons. The summed E-state index contributed by atoms with van der Waals surface area (Å²) in [7, 11) is -0.275. The van der Waals surface area contributed by atoms with E-state index in [4.69, 9.17) is 5.73 Å². The normalized spacial score (nSPS) is 13.6. The summed E-state index contributed by atoms with van der Waals surface area (Å²) in [6.07, 6.45) is 8.59. The smallest absolute Gasteiger partial charge is 0.00773 e. The standard InChI is InChI=1S/C7H18INS/c1-10(2,8)7-5-3-4-6-9/h3-7,9H2,1-2H3. The Morgan fingerprint density at radius 2 is 1.80 bits per heavy atom. The minimum absolute atomic E-state index is 0.275. The summed E-state index contributed by atoms with van der Waals surface area (Å²) < 4.78 is 0. The van der Waals surface area contributed by atoms with Gasteiger partial charge in [0, 0.05) is 0 Å². The van der Waals surface area contributed by atoms with Crippen LogP contribution in [0.4, 0.5) is 0 Å². The van der Waals surface area contributed by atoms with Gasteiger partial charge in [0.1, 0.15) is 0 Å². The van der Waals surface area contributed by atoms with Crippen molar-refractivity contribution in [1.29, 1.82) is 0 Å². The monoisotopic (exact) mass is 275 g/mol. The number of unbranched alkanes of at least 4 members (excludes halogenated alkanes) is 2. The van der Waals surface area contributed by atoms with Crippen LogP contribution in [0.2, 0.25) is 0 Å². The quantitative estimate of drug-likeness (QED) is 0.605. The van der Waals surface area contributed by atoms with Crippen LogP contribution in [0.3, 0.4) is 0 Å². The van der Waals surface area contributed by atoms with Crippen molar-refractivity contribution < 1.29 is 0 Å². The molecule has 0 spiro atoms. The first-order valence-corrected chi connectivity index (χ1v) is 8.83. The Morgan fingerprint density at radius 3 is 2.20 bits per heavy atom. The summed E-state index contributed by atoms with van der Waals surface area (Å²) in [5.41, 5.74) is 5.38. The van der Waals surface area contributed by atoms with Gasteiger partial charge in [-0.15, -0.1) is 0 Å². The van der Waals surface area contributed by atoms with E-state index < -0.39 is 0 Å². The molecule has 0 atom stereocenters. The van der Waals surface area contributed by atoms with E-state index in [0.717, 1.165) is 6.54 Å². The van der Waals surface area contributed by atoms with E-state index in [1.165, 1.54) is 25.0 Å². The van der Waals surface area contributed by atoms with Crippen LogP contribution >= 0.6 is 28.4 Å². The molecule has 0 fully saturated rings. The Labute approximate surface area is 78.0 Å². The molecular weight excluding hydrogens is 257 g/mol. The highest BCUT2D eigenvalue weighted by molar-refractivity contribution is 14.2. The largest absolute Gasteiger partial charge is 0.330 e. The molecule has 0 rings (SSSR count). The Morgan fingerprint density at radius 1 is 1.20 bits per heavy atom. The van der Waals surface area contributed by atoms with E-state index in [9.17, 15) is 0 Å². The SMILES string of the molecule is CS(C)(I)CCCCCN. The molecule has 1 nitrogen and oxygen atoms in total. The maximum Gasteiger partial charge on any atom is -0.00773 e. The lowest BCUT2D eigenvalue weighted by Gasteiger charge is -2.21. The minimum atomic E-state index is -0.275. The van der Waals surface area contributed by atoms with E-state index in [1.54, 1.807) is 0 Å². The minimum Gasteiger partial charge on any atom is -0.330 e. The van der Waals surface area contributed by atoms with Crippen molar-refractivity contribution in [1.82, 2.24) is 0 Å². The second kappa shape index (κ2) is 5.66. The molecule has 0 aliphatic rings. The summed E-state index contributed by atoms with van der Waals surface area (Å²) >= 11 is 2.58. The molecule has 3 heteroatoms. The summed E-state index contributed by atoms with van der Waals surface area (Å²) in [4.78, 5) is 0. The fourth-order valence-corrected chi connectivity index (χ4v) is 2.59. The van der Waals surface area contributed by atoms with Gasteiger partial charge in [-0.25, -0.2) is 0 Å². The van der Waals surface area contributed by atoms with Gasteiger partial charge in [-0.05, 0) is 58.9 Å². The first-order chi connectivity index (χ1) is 4.56. The number of nitrogens with two attached hydrogens (primary N) is 1. The molecule has 0 aliphatic carbocycles. The van der Waals surface area contributed by atoms with E-state index in [0.29, 0.717) is 0 Å². The summed E-state index contributed by atoms with van der Waals surface area (Å²) in [6, 6.07) is 0. The van der Waals surface area contributed by atoms with Gasteiger partial charge < -0.3 is 5.73 Å². The topological polar surface area (TPSA) is 26.0 Å². The van der Waals surface area contributed by atoms with Gasteiger partial charge in [-0.3, -0.25) is 0 Å². The molecular formula is C7H18INS. The van der Waals surface area contributed by atoms with E-state index >= 15 is 0 Å². The van der Waals surface area contributed by atoms with Crippen LogP contribution in [-0.2, 0) is 0 Å². The molecule has 2 N–H and O–H groups in total. The second-order valence-electron chi connectivity index (χ2n) is 2.96. The number of hydrogen-bond acceptors (Lipinski definition) is 1. The number of halogens is 1. The first-order valence-electron chi connectivity index (χ1n) is 3.67. The highest BCUT2D eigenvalue weighted by atomic mass is 127. The maximum atomic E-state index is 5.38. The Kier molecular flexibility index (Phi) is 6.25. The summed E-state index contributed by atoms with van der Waals surface area (Å²) in [5, 5.41) is 0. The molecule has 0 aromatic carbocycles. The molecule has 0 radical (unpaired) electrons. The second-order valence-corrected chi connectivity index (χ2v) is 13.3. The third kappa shape index (κ3) is 9.04. The molecule has 0 amide bonds. The van der Waals surface area contributed by atoms with Gasteiger partial charge in [0.15, 0.2) is 0 Å². The van der Waals surface area contributed by atoms with Crippen LogP contribution in [0.25, 0.3) is 0 Å². The molecule has 0 unspecified atom stereocenters. The fraction of sp³-hybridized carbons (Fsp3) is 1.00. The van der Waals surface area contributed by atoms with Crippen molar-refractivity contribution in [2.24, 2.45) is 5.73 Å². The van der Waals surface area contributed by atoms with Crippen LogP contribution in [0, 0.1) is 0 Å². The lowest BCUT2D eigenvalue weighted by atomic mass is 10.2. The van der Waals surface area contributed by atoms with Gasteiger partial charge >= 0.3 is 0 Å². The average Bonchev–Trinajstić information content (AvgIpc) is 1.78. The zero-order valence-electron chi connectivity index (χ0n) is 6.90. The Hall–Kier alpha value is 1.04. The van der Waals surface area contributed by atoms with Crippen LogP contribution in [0.15, 0.2) is 0 Å². The molecule has 0 aromatic rings. The maximum absolute atomic E-state index is 5.38. The molecule has 0 bridgehead atoms. The van der Waals surface area contributed by atoms with Crippen molar-refractivity contribution in [3.05, 3.63) is 0 Å². The van der Waals surface area contributed by atoms with Crippen molar-refractivity contribution >= 4 is 28.4 Å². The number of rotatable bonds is 5. The summed E-state index contributed by atoms with van der Waals surface area (Å²) in [6.45, 7) is 0.858. The molecule has 0 saturated carbocycles. The van der Waals surface area contributed by atoms with Crippen LogP contribution in [-0.4, -0.2) is 24.8 Å². The van der Waals surface area contributed by atoms with Gasteiger partial charge in [0.25, 0.3) is 0 Å². The predicted molar refractivity (Wildman–Crippen MR) is 61.2 cm³/mol. The van der Waals surface area contributed by atoms with Crippen molar-refractivity contribution in [3.8, 4) is 0 Å². The highest BCUT2D eigenvalue weighted by Gasteiger charge is 2.03. The average molecular weight is 275 g/mol. The van der Waals surface area contributed by atoms with Crippen molar-refractivity contribution in [2.45, 2.75) is 19.3 Å². The Bertz CT molecular complexity index is 80.2. The van der Waals surface area contributed by atoms with E-state index in [1.807, 2.05) is 0 Å². The fourth-order valence-electron chi connectivity index (χ4n) is 0.766. The zero-order valence-corrected chi connectivity index (χ0v) is 9.87. The molecule has 10 heavy (non-hydrogen) atoms. The van der Waals surface area contributed by atoms with E-state index in [2.05, 4.69) is 33.7 Å². The van der Waals surface area contributed by atoms with Gasteiger partial charge in [-0.2, -0.15) is 7.20 Å². The van der Waals surface area contributed by atoms with Gasteiger partial charge in [0.05, 0.1) is 0 Å². The van der Waals surface area contributed by atoms with Crippen LogP contribution < -0.4 is 5.73 Å². The molecule has 0 heterocycles. The van der Waals surface area contributed by atoms with E-state index in [-0.39, 0.29) is 7.20 Å². The van der Waals surface area contributed by atoms with Crippen LogP contribution in [0.1, 0.15) is 19.3 Å². The lowest BCUT2D eigenvalue weighted by Crippen LogP contribution is -1.99. The zero-order chi connectivity index (χ0) is 8.04. The van der Waals surface area contributed by atoms with Gasteiger partial charge in [-0.1, -0.05) is 6.42 Å². The molecule has 0 aliphatic heterocycles. The first kappa shape index (κ1) is 11.0. The lowest BCUT2D eigenvalue weighted by molar-refractivity contribution is 0.732. The predicted octanol–water partition coefficient (Wildman–Crippen LogP) is 2.53.